The largest absolute Gasteiger partial charge is 0.307 e. The Bertz CT molecular complexity index is 681. The fraction of sp³-hybridized carbons (Fsp3) is 0.357. The Morgan fingerprint density at radius 3 is 2.95 bits per heavy atom. The fourth-order valence-electron chi connectivity index (χ4n) is 2.40. The highest BCUT2D eigenvalue weighted by atomic mass is 16.1. The van der Waals surface area contributed by atoms with Gasteiger partial charge in [-0.05, 0) is 37.8 Å². The zero-order valence-corrected chi connectivity index (χ0v) is 10.9. The third-order valence-corrected chi connectivity index (χ3v) is 3.37. The molecule has 0 saturated heterocycles. The van der Waals surface area contributed by atoms with Gasteiger partial charge in [0.15, 0.2) is 0 Å². The number of hydrogen-bond donors (Lipinski definition) is 1. The van der Waals surface area contributed by atoms with Gasteiger partial charge in [-0.3, -0.25) is 9.48 Å². The van der Waals surface area contributed by atoms with Crippen LogP contribution in [-0.4, -0.2) is 19.7 Å². The van der Waals surface area contributed by atoms with Crippen LogP contribution in [0.3, 0.4) is 0 Å². The predicted octanol–water partition coefficient (Wildman–Crippen LogP) is 1.55. The van der Waals surface area contributed by atoms with Crippen molar-refractivity contribution in [3.63, 3.8) is 0 Å². The Morgan fingerprint density at radius 1 is 1.32 bits per heavy atom. The number of H-pyrrole nitrogens is 1. The highest BCUT2D eigenvalue weighted by Gasteiger charge is 2.14. The summed E-state index contributed by atoms with van der Waals surface area (Å²) in [5.74, 6) is 0.620. The second kappa shape index (κ2) is 4.84. The van der Waals surface area contributed by atoms with Crippen molar-refractivity contribution in [2.45, 2.75) is 25.7 Å². The average molecular weight is 256 g/mol. The van der Waals surface area contributed by atoms with Crippen LogP contribution in [-0.2, 0) is 19.9 Å². The molecule has 5 heteroatoms. The molecule has 2 aromatic rings. The van der Waals surface area contributed by atoms with Gasteiger partial charge in [-0.15, -0.1) is 0 Å². The second-order valence-electron chi connectivity index (χ2n) is 4.86. The average Bonchev–Trinajstić information content (AvgIpc) is 2.82. The minimum atomic E-state index is 0.00976. The molecule has 2 aromatic heterocycles. The van der Waals surface area contributed by atoms with E-state index in [2.05, 4.69) is 15.1 Å². The van der Waals surface area contributed by atoms with E-state index in [1.165, 1.54) is 0 Å². The number of fused-ring (bicyclic) bond motifs is 1. The van der Waals surface area contributed by atoms with E-state index in [1.807, 2.05) is 25.4 Å². The lowest BCUT2D eigenvalue weighted by molar-refractivity contribution is 0.655. The summed E-state index contributed by atoms with van der Waals surface area (Å²) < 4.78 is 1.74. The molecule has 0 spiro atoms. The normalized spacial score (nSPS) is 14.8. The lowest BCUT2D eigenvalue weighted by atomic mass is 9.97. The van der Waals surface area contributed by atoms with Crippen LogP contribution in [0.1, 0.15) is 35.5 Å². The van der Waals surface area contributed by atoms with Crippen LogP contribution in [0.2, 0.25) is 0 Å². The van der Waals surface area contributed by atoms with Gasteiger partial charge in [0.25, 0.3) is 5.56 Å². The molecule has 1 aliphatic rings. The molecule has 1 N–H and O–H groups in total. The highest BCUT2D eigenvalue weighted by molar-refractivity contribution is 5.65. The molecule has 3 rings (SSSR count). The SMILES string of the molecule is Cn1cc(/C=C/c2nc3c(c(=O)[nH]2)CCCC3)cn1. The van der Waals surface area contributed by atoms with Crippen molar-refractivity contribution in [2.24, 2.45) is 7.05 Å². The van der Waals surface area contributed by atoms with Gasteiger partial charge in [0.05, 0.1) is 11.9 Å². The Balaban J connectivity index is 1.91. The Kier molecular flexibility index (Phi) is 3.03. The minimum absolute atomic E-state index is 0.00976. The predicted molar refractivity (Wildman–Crippen MR) is 73.6 cm³/mol. The molecule has 0 radical (unpaired) electrons. The summed E-state index contributed by atoms with van der Waals surface area (Å²) in [5.41, 5.74) is 2.82. The van der Waals surface area contributed by atoms with Gasteiger partial charge in [0, 0.05) is 24.4 Å². The van der Waals surface area contributed by atoms with Crippen molar-refractivity contribution in [3.8, 4) is 0 Å². The van der Waals surface area contributed by atoms with E-state index in [9.17, 15) is 4.79 Å². The first-order chi connectivity index (χ1) is 9.22. The van der Waals surface area contributed by atoms with Crippen LogP contribution in [0.4, 0.5) is 0 Å². The quantitative estimate of drug-likeness (QED) is 0.886. The maximum atomic E-state index is 12.0. The highest BCUT2D eigenvalue weighted by Crippen LogP contribution is 2.16. The van der Waals surface area contributed by atoms with Gasteiger partial charge in [0.2, 0.25) is 0 Å². The molecule has 98 valence electrons. The Morgan fingerprint density at radius 2 is 2.16 bits per heavy atom. The molecule has 0 fully saturated rings. The molecule has 0 saturated carbocycles. The fourth-order valence-corrected chi connectivity index (χ4v) is 2.40. The summed E-state index contributed by atoms with van der Waals surface area (Å²) >= 11 is 0. The van der Waals surface area contributed by atoms with Gasteiger partial charge in [-0.25, -0.2) is 4.98 Å². The summed E-state index contributed by atoms with van der Waals surface area (Å²) in [6.45, 7) is 0. The van der Waals surface area contributed by atoms with Gasteiger partial charge < -0.3 is 4.98 Å². The second-order valence-corrected chi connectivity index (χ2v) is 4.86. The molecule has 0 atom stereocenters. The van der Waals surface area contributed by atoms with Gasteiger partial charge in [-0.2, -0.15) is 5.10 Å². The molecule has 0 aliphatic heterocycles. The van der Waals surface area contributed by atoms with Crippen LogP contribution in [0, 0.1) is 0 Å². The van der Waals surface area contributed by atoms with Crippen molar-refractivity contribution >= 4 is 12.2 Å². The van der Waals surface area contributed by atoms with Crippen LogP contribution < -0.4 is 5.56 Å². The van der Waals surface area contributed by atoms with E-state index < -0.39 is 0 Å². The van der Waals surface area contributed by atoms with Crippen LogP contribution in [0.5, 0.6) is 0 Å². The maximum Gasteiger partial charge on any atom is 0.254 e. The minimum Gasteiger partial charge on any atom is -0.307 e. The maximum absolute atomic E-state index is 12.0. The van der Waals surface area contributed by atoms with Crippen molar-refractivity contribution in [1.82, 2.24) is 19.7 Å². The van der Waals surface area contributed by atoms with E-state index in [4.69, 9.17) is 0 Å². The smallest absolute Gasteiger partial charge is 0.254 e. The first-order valence-electron chi connectivity index (χ1n) is 6.51. The summed E-state index contributed by atoms with van der Waals surface area (Å²) in [6.07, 6.45) is 11.4. The van der Waals surface area contributed by atoms with Gasteiger partial charge >= 0.3 is 0 Å². The number of aryl methyl sites for hydroxylation is 2. The van der Waals surface area contributed by atoms with E-state index in [-0.39, 0.29) is 5.56 Å². The van der Waals surface area contributed by atoms with Crippen molar-refractivity contribution in [2.75, 3.05) is 0 Å². The number of aromatic nitrogens is 4. The van der Waals surface area contributed by atoms with Crippen LogP contribution >= 0.6 is 0 Å². The number of nitrogens with one attached hydrogen (secondary N) is 1. The number of aromatic amines is 1. The number of hydrogen-bond acceptors (Lipinski definition) is 3. The van der Waals surface area contributed by atoms with E-state index in [1.54, 1.807) is 10.9 Å². The molecule has 0 amide bonds. The molecule has 0 unspecified atom stereocenters. The molecular formula is C14H16N4O. The topological polar surface area (TPSA) is 63.6 Å². The molecule has 0 bridgehead atoms. The monoisotopic (exact) mass is 256 g/mol. The summed E-state index contributed by atoms with van der Waals surface area (Å²) in [4.78, 5) is 19.3. The zero-order chi connectivity index (χ0) is 13.2. The molecule has 2 heterocycles. The first-order valence-corrected chi connectivity index (χ1v) is 6.51. The van der Waals surface area contributed by atoms with Crippen LogP contribution in [0.25, 0.3) is 12.2 Å². The molecular weight excluding hydrogens is 240 g/mol. The van der Waals surface area contributed by atoms with Crippen molar-refractivity contribution in [1.29, 1.82) is 0 Å². The summed E-state index contributed by atoms with van der Waals surface area (Å²) in [5, 5.41) is 4.09. The standard InChI is InChI=1S/C14H16N4O/c1-18-9-10(8-15-18)6-7-13-16-12-5-3-2-4-11(12)14(19)17-13/h6-9H,2-5H2,1H3,(H,16,17,19)/b7-6+. The Hall–Kier alpha value is -2.17. The number of rotatable bonds is 2. The third-order valence-electron chi connectivity index (χ3n) is 3.37. The van der Waals surface area contributed by atoms with Crippen LogP contribution in [0.15, 0.2) is 17.2 Å². The molecule has 1 aliphatic carbocycles. The summed E-state index contributed by atoms with van der Waals surface area (Å²) in [7, 11) is 1.87. The molecule has 19 heavy (non-hydrogen) atoms. The first kappa shape index (κ1) is 11.9. The van der Waals surface area contributed by atoms with Gasteiger partial charge in [-0.1, -0.05) is 0 Å². The lowest BCUT2D eigenvalue weighted by Crippen LogP contribution is -2.21. The van der Waals surface area contributed by atoms with Crippen molar-refractivity contribution in [3.05, 3.63) is 45.4 Å². The molecule has 0 aromatic carbocycles. The third kappa shape index (κ3) is 2.50. The van der Waals surface area contributed by atoms with E-state index in [0.717, 1.165) is 42.5 Å². The van der Waals surface area contributed by atoms with E-state index >= 15 is 0 Å². The summed E-state index contributed by atoms with van der Waals surface area (Å²) in [6, 6.07) is 0. The Labute approximate surface area is 111 Å². The molecule has 5 nitrogen and oxygen atoms in total. The van der Waals surface area contributed by atoms with Crippen molar-refractivity contribution < 1.29 is 0 Å². The lowest BCUT2D eigenvalue weighted by Gasteiger charge is -2.13. The van der Waals surface area contributed by atoms with Gasteiger partial charge in [0.1, 0.15) is 5.82 Å². The van der Waals surface area contributed by atoms with E-state index in [0.29, 0.717) is 5.82 Å². The number of nitrogens with zero attached hydrogens (tertiary/aromatic N) is 3. The zero-order valence-electron chi connectivity index (χ0n) is 10.9.